The lowest BCUT2D eigenvalue weighted by Gasteiger charge is -2.37. The summed E-state index contributed by atoms with van der Waals surface area (Å²) in [7, 11) is 0. The first-order valence-electron chi connectivity index (χ1n) is 12.4. The first-order chi connectivity index (χ1) is 15.9. The Hall–Kier alpha value is -2.83. The van der Waals surface area contributed by atoms with Crippen molar-refractivity contribution < 1.29 is 9.59 Å². The predicted octanol–water partition coefficient (Wildman–Crippen LogP) is 3.20. The number of likely N-dealkylation sites (tertiary alicyclic amines) is 1. The summed E-state index contributed by atoms with van der Waals surface area (Å²) in [4.78, 5) is 32.5. The number of piperidine rings is 1. The zero-order valence-corrected chi connectivity index (χ0v) is 19.8. The van der Waals surface area contributed by atoms with Gasteiger partial charge in [-0.25, -0.2) is 0 Å². The molecule has 1 saturated carbocycles. The Morgan fingerprint density at radius 1 is 1.03 bits per heavy atom. The van der Waals surface area contributed by atoms with Crippen molar-refractivity contribution in [2.24, 2.45) is 17.3 Å². The van der Waals surface area contributed by atoms with E-state index in [1.165, 1.54) is 5.69 Å². The fraction of sp³-hybridized carbons (Fsp3) is 0.577. The van der Waals surface area contributed by atoms with E-state index < -0.39 is 0 Å². The molecule has 0 radical (unpaired) electrons. The fourth-order valence-corrected chi connectivity index (χ4v) is 5.63. The molecule has 0 bridgehead atoms. The summed E-state index contributed by atoms with van der Waals surface area (Å²) >= 11 is 0. The smallest absolute Gasteiger partial charge is 0.274 e. The molecule has 5 rings (SSSR count). The Morgan fingerprint density at radius 2 is 1.73 bits per heavy atom. The summed E-state index contributed by atoms with van der Waals surface area (Å²) in [6.07, 6.45) is 3.71. The van der Waals surface area contributed by atoms with Gasteiger partial charge in [-0.1, -0.05) is 32.0 Å². The topological polar surface area (TPSA) is 72.5 Å². The number of aromatic nitrogens is 2. The maximum absolute atomic E-state index is 13.2. The minimum atomic E-state index is 0.0108. The van der Waals surface area contributed by atoms with Gasteiger partial charge >= 0.3 is 0 Å². The van der Waals surface area contributed by atoms with Crippen molar-refractivity contribution in [3.05, 3.63) is 47.8 Å². The molecule has 1 aromatic carbocycles. The van der Waals surface area contributed by atoms with Gasteiger partial charge in [0.25, 0.3) is 5.91 Å². The van der Waals surface area contributed by atoms with E-state index in [0.29, 0.717) is 17.5 Å². The number of hydrogen-bond acceptors (Lipinski definition) is 4. The summed E-state index contributed by atoms with van der Waals surface area (Å²) in [6.45, 7) is 9.12. The number of aromatic amines is 1. The highest BCUT2D eigenvalue weighted by atomic mass is 16.2. The molecule has 3 fully saturated rings. The molecule has 1 aromatic heterocycles. The molecule has 1 spiro atoms. The van der Waals surface area contributed by atoms with E-state index in [2.05, 4.69) is 58.1 Å². The number of para-hydroxylation sites is 1. The summed E-state index contributed by atoms with van der Waals surface area (Å²) in [5.41, 5.74) is 2.87. The summed E-state index contributed by atoms with van der Waals surface area (Å²) in [6, 6.07) is 12.3. The normalized spacial score (nSPS) is 22.2. The molecular formula is C26H35N5O2. The van der Waals surface area contributed by atoms with E-state index in [-0.39, 0.29) is 17.2 Å². The lowest BCUT2D eigenvalue weighted by atomic mass is 9.90. The van der Waals surface area contributed by atoms with Crippen LogP contribution < -0.4 is 4.90 Å². The van der Waals surface area contributed by atoms with Crippen molar-refractivity contribution in [1.29, 1.82) is 0 Å². The summed E-state index contributed by atoms with van der Waals surface area (Å²) in [5.74, 6) is 1.000. The van der Waals surface area contributed by atoms with E-state index in [0.717, 1.165) is 70.6 Å². The molecule has 1 atom stereocenters. The summed E-state index contributed by atoms with van der Waals surface area (Å²) in [5, 5.41) is 7.25. The standard InChI is InChI=1S/C26H35N5O2/c1-19(2)16-20-17-23(28-27-20)25(33)30-10-8-26(9-11-30)18-22(26)24(32)31-14-12-29(13-15-31)21-6-4-3-5-7-21/h3-7,17,19,22H,8-16,18H2,1-2H3,(H,27,28)/t22-/m0/s1. The van der Waals surface area contributed by atoms with Crippen LogP contribution in [0.2, 0.25) is 0 Å². The Morgan fingerprint density at radius 3 is 2.39 bits per heavy atom. The van der Waals surface area contributed by atoms with Crippen LogP contribution in [-0.4, -0.2) is 71.1 Å². The van der Waals surface area contributed by atoms with Gasteiger partial charge in [0.2, 0.25) is 5.91 Å². The minimum Gasteiger partial charge on any atom is -0.368 e. The van der Waals surface area contributed by atoms with E-state index >= 15 is 0 Å². The van der Waals surface area contributed by atoms with Crippen LogP contribution in [0.1, 0.15) is 49.3 Å². The van der Waals surface area contributed by atoms with Crippen LogP contribution in [0.5, 0.6) is 0 Å². The van der Waals surface area contributed by atoms with Crippen molar-refractivity contribution in [2.45, 2.75) is 39.5 Å². The second kappa shape index (κ2) is 8.84. The Kier molecular flexibility index (Phi) is 5.89. The number of carbonyl (C=O) groups excluding carboxylic acids is 2. The van der Waals surface area contributed by atoms with Crippen LogP contribution >= 0.6 is 0 Å². The molecule has 176 valence electrons. The average Bonchev–Trinajstić information content (AvgIpc) is 3.33. The van der Waals surface area contributed by atoms with Gasteiger partial charge < -0.3 is 14.7 Å². The van der Waals surface area contributed by atoms with E-state index in [1.54, 1.807) is 0 Å². The highest BCUT2D eigenvalue weighted by Crippen LogP contribution is 2.60. The SMILES string of the molecule is CC(C)Cc1cc(C(=O)N2CCC3(CC2)C[C@H]3C(=O)N2CCN(c3ccccc3)CC2)n[nH]1. The van der Waals surface area contributed by atoms with Gasteiger partial charge in [-0.3, -0.25) is 14.7 Å². The van der Waals surface area contributed by atoms with Gasteiger partial charge in [-0.2, -0.15) is 5.10 Å². The highest BCUT2D eigenvalue weighted by Gasteiger charge is 2.59. The molecule has 0 unspecified atom stereocenters. The van der Waals surface area contributed by atoms with Gasteiger partial charge in [0, 0.05) is 56.6 Å². The van der Waals surface area contributed by atoms with Crippen LogP contribution in [0.4, 0.5) is 5.69 Å². The quantitative estimate of drug-likeness (QED) is 0.761. The molecule has 2 aromatic rings. The van der Waals surface area contributed by atoms with Crippen LogP contribution in [0, 0.1) is 17.3 Å². The number of benzene rings is 1. The van der Waals surface area contributed by atoms with E-state index in [4.69, 9.17) is 0 Å². The number of amides is 2. The molecule has 2 amide bonds. The monoisotopic (exact) mass is 449 g/mol. The zero-order valence-electron chi connectivity index (χ0n) is 19.8. The van der Waals surface area contributed by atoms with Gasteiger partial charge in [-0.05, 0) is 55.2 Å². The van der Waals surface area contributed by atoms with Gasteiger partial charge in [0.05, 0.1) is 0 Å². The first-order valence-corrected chi connectivity index (χ1v) is 12.4. The molecule has 7 nitrogen and oxygen atoms in total. The van der Waals surface area contributed by atoms with Crippen molar-refractivity contribution >= 4 is 17.5 Å². The number of piperazine rings is 1. The molecule has 33 heavy (non-hydrogen) atoms. The Labute approximate surface area is 196 Å². The lowest BCUT2D eigenvalue weighted by molar-refractivity contribution is -0.134. The number of nitrogens with one attached hydrogen (secondary N) is 1. The largest absolute Gasteiger partial charge is 0.368 e. The van der Waals surface area contributed by atoms with Crippen molar-refractivity contribution in [1.82, 2.24) is 20.0 Å². The first kappa shape index (κ1) is 22.0. The molecule has 3 heterocycles. The number of rotatable bonds is 5. The number of carbonyl (C=O) groups is 2. The second-order valence-electron chi connectivity index (χ2n) is 10.4. The van der Waals surface area contributed by atoms with Gasteiger partial charge in [-0.15, -0.1) is 0 Å². The number of anilines is 1. The maximum Gasteiger partial charge on any atom is 0.274 e. The van der Waals surface area contributed by atoms with Gasteiger partial charge in [0.15, 0.2) is 0 Å². The number of nitrogens with zero attached hydrogens (tertiary/aromatic N) is 4. The second-order valence-corrected chi connectivity index (χ2v) is 10.4. The average molecular weight is 450 g/mol. The Balaban J connectivity index is 1.11. The lowest BCUT2D eigenvalue weighted by Crippen LogP contribution is -2.50. The molecular weight excluding hydrogens is 414 g/mol. The van der Waals surface area contributed by atoms with Crippen molar-refractivity contribution in [3.8, 4) is 0 Å². The molecule has 7 heteroatoms. The highest BCUT2D eigenvalue weighted by molar-refractivity contribution is 5.92. The molecule has 2 saturated heterocycles. The number of hydrogen-bond donors (Lipinski definition) is 1. The van der Waals surface area contributed by atoms with E-state index in [9.17, 15) is 9.59 Å². The molecule has 1 aliphatic carbocycles. The van der Waals surface area contributed by atoms with Crippen molar-refractivity contribution in [3.63, 3.8) is 0 Å². The van der Waals surface area contributed by atoms with Crippen LogP contribution in [0.3, 0.4) is 0 Å². The van der Waals surface area contributed by atoms with Crippen molar-refractivity contribution in [2.75, 3.05) is 44.2 Å². The van der Waals surface area contributed by atoms with Crippen LogP contribution in [0.25, 0.3) is 0 Å². The fourth-order valence-electron chi connectivity index (χ4n) is 5.63. The van der Waals surface area contributed by atoms with Crippen LogP contribution in [-0.2, 0) is 11.2 Å². The van der Waals surface area contributed by atoms with E-state index in [1.807, 2.05) is 17.0 Å². The maximum atomic E-state index is 13.2. The third kappa shape index (κ3) is 4.50. The minimum absolute atomic E-state index is 0.0108. The van der Waals surface area contributed by atoms with Crippen LogP contribution in [0.15, 0.2) is 36.4 Å². The summed E-state index contributed by atoms with van der Waals surface area (Å²) < 4.78 is 0. The predicted molar refractivity (Wildman–Crippen MR) is 128 cm³/mol. The third-order valence-corrected chi connectivity index (χ3v) is 7.73. The zero-order chi connectivity index (χ0) is 23.0. The molecule has 3 aliphatic rings. The number of H-pyrrole nitrogens is 1. The Bertz CT molecular complexity index is 985. The molecule has 1 N–H and O–H groups in total. The third-order valence-electron chi connectivity index (χ3n) is 7.73. The van der Waals surface area contributed by atoms with Gasteiger partial charge in [0.1, 0.15) is 5.69 Å². The molecule has 2 aliphatic heterocycles.